The van der Waals surface area contributed by atoms with Crippen molar-refractivity contribution >= 4 is 28.6 Å². The molecule has 3 aromatic heterocycles. The molecule has 5 rings (SSSR count). The predicted molar refractivity (Wildman–Crippen MR) is 134 cm³/mol. The highest BCUT2D eigenvalue weighted by molar-refractivity contribution is 7.15. The number of fused-ring (bicyclic) bond motifs is 3. The number of halogens is 1. The van der Waals surface area contributed by atoms with Crippen LogP contribution >= 0.6 is 22.9 Å². The first-order chi connectivity index (χ1) is 16.1. The summed E-state index contributed by atoms with van der Waals surface area (Å²) in [6.45, 7) is 6.27. The molecule has 164 valence electrons. The Hall–Kier alpha value is -3.27. The van der Waals surface area contributed by atoms with Gasteiger partial charge in [0.1, 0.15) is 22.6 Å². The maximum atomic E-state index is 6.19. The van der Waals surface area contributed by atoms with Crippen molar-refractivity contribution in [3.05, 3.63) is 92.6 Å². The lowest BCUT2D eigenvalue weighted by Gasteiger charge is -2.11. The van der Waals surface area contributed by atoms with Crippen molar-refractivity contribution in [1.82, 2.24) is 19.7 Å². The third kappa shape index (κ3) is 3.99. The third-order valence-electron chi connectivity index (χ3n) is 5.65. The second-order valence-electron chi connectivity index (χ2n) is 7.93. The summed E-state index contributed by atoms with van der Waals surface area (Å²) in [5.74, 6) is 8.28. The molecule has 0 amide bonds. The third-order valence-corrected chi connectivity index (χ3v) is 7.09. The highest BCUT2D eigenvalue weighted by Gasteiger charge is 2.31. The van der Waals surface area contributed by atoms with Crippen LogP contribution in [0, 0.1) is 25.7 Å². The number of nitrogens with zero attached hydrogens (tertiary/aromatic N) is 5. The van der Waals surface area contributed by atoms with Crippen molar-refractivity contribution < 1.29 is 0 Å². The van der Waals surface area contributed by atoms with E-state index in [1.165, 1.54) is 0 Å². The number of rotatable bonds is 3. The summed E-state index contributed by atoms with van der Waals surface area (Å²) in [6, 6.07) is 13.6. The van der Waals surface area contributed by atoms with Crippen LogP contribution in [0.25, 0.3) is 5.00 Å². The van der Waals surface area contributed by atoms with Gasteiger partial charge in [0.25, 0.3) is 0 Å². The molecule has 4 heterocycles. The Morgan fingerprint density at radius 2 is 1.88 bits per heavy atom. The Kier molecular flexibility index (Phi) is 5.84. The molecule has 0 saturated heterocycles. The van der Waals surface area contributed by atoms with E-state index in [2.05, 4.69) is 45.4 Å². The summed E-state index contributed by atoms with van der Waals surface area (Å²) in [5, 5.41) is 10.7. The first-order valence-electron chi connectivity index (χ1n) is 10.9. The van der Waals surface area contributed by atoms with Gasteiger partial charge >= 0.3 is 0 Å². The van der Waals surface area contributed by atoms with E-state index in [-0.39, 0.29) is 6.04 Å². The zero-order chi connectivity index (χ0) is 22.9. The minimum atomic E-state index is -0.0658. The summed E-state index contributed by atoms with van der Waals surface area (Å²) in [4.78, 5) is 10.6. The van der Waals surface area contributed by atoms with Crippen LogP contribution < -0.4 is 0 Å². The van der Waals surface area contributed by atoms with E-state index in [0.29, 0.717) is 5.02 Å². The smallest absolute Gasteiger partial charge is 0.163 e. The fourth-order valence-corrected chi connectivity index (χ4v) is 5.37. The van der Waals surface area contributed by atoms with Crippen LogP contribution in [-0.4, -0.2) is 25.5 Å². The van der Waals surface area contributed by atoms with Gasteiger partial charge < -0.3 is 0 Å². The molecule has 0 bridgehead atoms. The van der Waals surface area contributed by atoms with Crippen LogP contribution in [0.1, 0.15) is 64.7 Å². The molecule has 7 heteroatoms. The molecule has 1 aliphatic heterocycles. The molecular formula is C26H22ClN5S. The molecule has 1 aromatic carbocycles. The fraction of sp³-hybridized carbons (Fsp3) is 0.231. The molecule has 4 aromatic rings. The molecule has 1 atom stereocenters. The van der Waals surface area contributed by atoms with Crippen molar-refractivity contribution in [3.8, 4) is 16.8 Å². The highest BCUT2D eigenvalue weighted by atomic mass is 35.5. The van der Waals surface area contributed by atoms with Crippen LogP contribution in [0.4, 0.5) is 0 Å². The number of aromatic nitrogens is 4. The topological polar surface area (TPSA) is 56.0 Å². The Balaban J connectivity index is 1.75. The van der Waals surface area contributed by atoms with Gasteiger partial charge in [-0.3, -0.25) is 9.56 Å². The number of pyridine rings is 1. The van der Waals surface area contributed by atoms with Crippen LogP contribution in [-0.2, 0) is 0 Å². The van der Waals surface area contributed by atoms with Crippen LogP contribution in [0.5, 0.6) is 0 Å². The Bertz CT molecular complexity index is 1400. The summed E-state index contributed by atoms with van der Waals surface area (Å²) < 4.78 is 2.16. The number of aryl methyl sites for hydroxylation is 1. The zero-order valence-corrected chi connectivity index (χ0v) is 20.2. The molecule has 0 fully saturated rings. The van der Waals surface area contributed by atoms with Crippen molar-refractivity contribution in [1.29, 1.82) is 0 Å². The number of hydrogen-bond acceptors (Lipinski definition) is 5. The van der Waals surface area contributed by atoms with E-state index in [1.54, 1.807) is 17.5 Å². The van der Waals surface area contributed by atoms with E-state index in [1.807, 2.05) is 49.4 Å². The van der Waals surface area contributed by atoms with Gasteiger partial charge in [-0.2, -0.15) is 0 Å². The van der Waals surface area contributed by atoms with Crippen LogP contribution in [0.2, 0.25) is 5.02 Å². The van der Waals surface area contributed by atoms with Crippen molar-refractivity contribution in [2.75, 3.05) is 0 Å². The first kappa shape index (κ1) is 21.6. The first-order valence-corrected chi connectivity index (χ1v) is 12.1. The van der Waals surface area contributed by atoms with Gasteiger partial charge in [0.05, 0.1) is 10.6 Å². The summed E-state index contributed by atoms with van der Waals surface area (Å²) in [7, 11) is 0. The minimum Gasteiger partial charge on any atom is -0.273 e. The minimum absolute atomic E-state index is 0.0658. The molecular weight excluding hydrogens is 450 g/mol. The van der Waals surface area contributed by atoms with E-state index in [0.717, 1.165) is 62.5 Å². The Morgan fingerprint density at radius 3 is 2.61 bits per heavy atom. The number of thiophene rings is 1. The van der Waals surface area contributed by atoms with Gasteiger partial charge in [-0.05, 0) is 61.9 Å². The fourth-order valence-electron chi connectivity index (χ4n) is 4.03. The lowest BCUT2D eigenvalue weighted by Crippen LogP contribution is -2.07. The molecule has 33 heavy (non-hydrogen) atoms. The summed E-state index contributed by atoms with van der Waals surface area (Å²) >= 11 is 7.84. The standard InChI is InChI=1S/C26H22ClN5S/c1-4-7-21-25-31-30-17(3)32(25)26-23(24(29-21)18-9-11-19(27)12-10-18)16(2)22(33-26)14-13-20-8-5-6-15-28-20/h5-6,8-12,15,21H,4,7H2,1-3H3/t21-/m0/s1. The lowest BCUT2D eigenvalue weighted by molar-refractivity contribution is 0.597. The lowest BCUT2D eigenvalue weighted by atomic mass is 9.99. The SMILES string of the molecule is CCC[C@@H]1N=C(c2ccc(Cl)cc2)c2c(sc(C#Cc3ccccn3)c2C)-n2c(C)nnc21. The normalized spacial score (nSPS) is 14.5. The molecule has 0 unspecified atom stereocenters. The van der Waals surface area contributed by atoms with E-state index in [4.69, 9.17) is 16.6 Å². The average molecular weight is 472 g/mol. The molecule has 0 saturated carbocycles. The number of aliphatic imine (C=N–C) groups is 1. The summed E-state index contributed by atoms with van der Waals surface area (Å²) in [6.07, 6.45) is 3.66. The summed E-state index contributed by atoms with van der Waals surface area (Å²) in [5.41, 5.74) is 4.91. The van der Waals surface area contributed by atoms with Gasteiger partial charge in [0.15, 0.2) is 5.82 Å². The zero-order valence-electron chi connectivity index (χ0n) is 18.6. The highest BCUT2D eigenvalue weighted by Crippen LogP contribution is 2.39. The Labute approximate surface area is 202 Å². The second-order valence-corrected chi connectivity index (χ2v) is 9.37. The van der Waals surface area contributed by atoms with Crippen molar-refractivity contribution in [2.24, 2.45) is 4.99 Å². The predicted octanol–water partition coefficient (Wildman–Crippen LogP) is 6.09. The molecule has 0 aliphatic carbocycles. The molecule has 0 spiro atoms. The maximum absolute atomic E-state index is 6.19. The van der Waals surface area contributed by atoms with E-state index >= 15 is 0 Å². The van der Waals surface area contributed by atoms with Crippen molar-refractivity contribution in [2.45, 2.75) is 39.7 Å². The number of benzene rings is 1. The van der Waals surface area contributed by atoms with Crippen molar-refractivity contribution in [3.63, 3.8) is 0 Å². The largest absolute Gasteiger partial charge is 0.273 e. The van der Waals surface area contributed by atoms with Gasteiger partial charge in [0, 0.05) is 22.3 Å². The van der Waals surface area contributed by atoms with Crippen LogP contribution in [0.3, 0.4) is 0 Å². The molecule has 5 nitrogen and oxygen atoms in total. The maximum Gasteiger partial charge on any atom is 0.163 e. The van der Waals surface area contributed by atoms with Gasteiger partial charge in [0.2, 0.25) is 0 Å². The van der Waals surface area contributed by atoms with E-state index in [9.17, 15) is 0 Å². The quantitative estimate of drug-likeness (QED) is 0.340. The monoisotopic (exact) mass is 471 g/mol. The van der Waals surface area contributed by atoms with Crippen LogP contribution in [0.15, 0.2) is 53.7 Å². The molecule has 0 N–H and O–H groups in total. The van der Waals surface area contributed by atoms with Gasteiger partial charge in [-0.15, -0.1) is 21.5 Å². The number of hydrogen-bond donors (Lipinski definition) is 0. The average Bonchev–Trinajstić information content (AvgIpc) is 3.31. The molecule has 0 radical (unpaired) electrons. The van der Waals surface area contributed by atoms with E-state index < -0.39 is 0 Å². The Morgan fingerprint density at radius 1 is 1.06 bits per heavy atom. The van der Waals surface area contributed by atoms with Gasteiger partial charge in [-0.25, -0.2) is 4.98 Å². The second kappa shape index (κ2) is 8.93. The molecule has 1 aliphatic rings. The van der Waals surface area contributed by atoms with Gasteiger partial charge in [-0.1, -0.05) is 43.1 Å².